The normalized spacial score (nSPS) is 14.8. The van der Waals surface area contributed by atoms with E-state index < -0.39 is 0 Å². The van der Waals surface area contributed by atoms with Gasteiger partial charge >= 0.3 is 0 Å². The zero-order valence-electron chi connectivity index (χ0n) is 10.4. The maximum Gasteiger partial charge on any atom is 0.0220 e. The first-order valence-electron chi connectivity index (χ1n) is 6.10. The molecular formula is C15H18S2. The molecule has 2 heteroatoms. The Morgan fingerprint density at radius 1 is 1.24 bits per heavy atom. The third kappa shape index (κ3) is 3.43. The first-order valence-corrected chi connectivity index (χ1v) is 8.25. The second-order valence-electron chi connectivity index (χ2n) is 4.17. The van der Waals surface area contributed by atoms with Crippen molar-refractivity contribution in [3.63, 3.8) is 0 Å². The van der Waals surface area contributed by atoms with Crippen LogP contribution in [0.15, 0.2) is 46.2 Å². The molecule has 1 aromatic carbocycles. The number of aryl methyl sites for hydroxylation is 1. The van der Waals surface area contributed by atoms with Crippen LogP contribution in [-0.2, 0) is 6.42 Å². The molecule has 0 aromatic heterocycles. The Kier molecular flexibility index (Phi) is 4.81. The predicted octanol–water partition coefficient (Wildman–Crippen LogP) is 5.53. The van der Waals surface area contributed by atoms with Crippen LogP contribution in [0.1, 0.15) is 30.9 Å². The largest absolute Gasteiger partial charge is 0.0842 e. The molecule has 2 rings (SSSR count). The molecule has 17 heavy (non-hydrogen) atoms. The summed E-state index contributed by atoms with van der Waals surface area (Å²) in [5.41, 5.74) is 2.91. The van der Waals surface area contributed by atoms with Crippen LogP contribution in [0.25, 0.3) is 0 Å². The summed E-state index contributed by atoms with van der Waals surface area (Å²) in [7, 11) is 3.82. The fourth-order valence-corrected chi connectivity index (χ4v) is 4.50. The summed E-state index contributed by atoms with van der Waals surface area (Å²) >= 11 is 0. The zero-order chi connectivity index (χ0) is 12.1. The highest BCUT2D eigenvalue weighted by Crippen LogP contribution is 2.41. The van der Waals surface area contributed by atoms with Crippen LogP contribution in [0.3, 0.4) is 0 Å². The summed E-state index contributed by atoms with van der Waals surface area (Å²) in [5, 5.41) is 0. The molecule has 0 unspecified atom stereocenters. The fraction of sp³-hybridized carbons (Fsp3) is 0.333. The lowest BCUT2D eigenvalue weighted by molar-refractivity contribution is 1.02. The van der Waals surface area contributed by atoms with E-state index in [2.05, 4.69) is 50.3 Å². The first kappa shape index (κ1) is 12.8. The molecule has 1 aliphatic carbocycles. The van der Waals surface area contributed by atoms with Gasteiger partial charge in [0.1, 0.15) is 0 Å². The number of rotatable bonds is 4. The van der Waals surface area contributed by atoms with Gasteiger partial charge in [-0.05, 0) is 48.3 Å². The lowest BCUT2D eigenvalue weighted by atomic mass is 10.1. The molecule has 0 amide bonds. The molecule has 0 heterocycles. The van der Waals surface area contributed by atoms with Crippen molar-refractivity contribution in [2.75, 3.05) is 0 Å². The monoisotopic (exact) mass is 262 g/mol. The molecule has 0 aliphatic heterocycles. The SMILES string of the molecule is CCc1c(C)cccc1SSC1=CC=CCC1. The van der Waals surface area contributed by atoms with Gasteiger partial charge in [0.05, 0.1) is 0 Å². The smallest absolute Gasteiger partial charge is 0.0220 e. The van der Waals surface area contributed by atoms with Gasteiger partial charge in [0.25, 0.3) is 0 Å². The second kappa shape index (κ2) is 6.36. The predicted molar refractivity (Wildman–Crippen MR) is 80.5 cm³/mol. The van der Waals surface area contributed by atoms with Crippen molar-refractivity contribution in [1.82, 2.24) is 0 Å². The average Bonchev–Trinajstić information content (AvgIpc) is 2.37. The molecule has 0 saturated carbocycles. The minimum Gasteiger partial charge on any atom is -0.0842 e. The van der Waals surface area contributed by atoms with Gasteiger partial charge in [-0.25, -0.2) is 0 Å². The molecule has 0 spiro atoms. The van der Waals surface area contributed by atoms with Crippen LogP contribution < -0.4 is 0 Å². The van der Waals surface area contributed by atoms with Gasteiger partial charge in [-0.15, -0.1) is 0 Å². The van der Waals surface area contributed by atoms with Gasteiger partial charge in [0, 0.05) is 4.90 Å². The number of hydrogen-bond acceptors (Lipinski definition) is 2. The van der Waals surface area contributed by atoms with Crippen molar-refractivity contribution >= 4 is 21.6 Å². The molecule has 0 N–H and O–H groups in total. The van der Waals surface area contributed by atoms with Crippen molar-refractivity contribution in [3.8, 4) is 0 Å². The van der Waals surface area contributed by atoms with Gasteiger partial charge in [0.2, 0.25) is 0 Å². The van der Waals surface area contributed by atoms with Crippen LogP contribution in [0.4, 0.5) is 0 Å². The topological polar surface area (TPSA) is 0 Å². The van der Waals surface area contributed by atoms with E-state index in [0.29, 0.717) is 0 Å². The van der Waals surface area contributed by atoms with Gasteiger partial charge in [-0.2, -0.15) is 0 Å². The summed E-state index contributed by atoms with van der Waals surface area (Å²) in [6.07, 6.45) is 10.1. The molecule has 0 atom stereocenters. The van der Waals surface area contributed by atoms with Gasteiger partial charge in [0.15, 0.2) is 0 Å². The Hall–Kier alpha value is -0.600. The molecule has 0 saturated heterocycles. The highest BCUT2D eigenvalue weighted by molar-refractivity contribution is 8.78. The fourth-order valence-electron chi connectivity index (χ4n) is 1.95. The van der Waals surface area contributed by atoms with E-state index >= 15 is 0 Å². The first-order chi connectivity index (χ1) is 8.31. The molecule has 1 aromatic rings. The number of hydrogen-bond donors (Lipinski definition) is 0. The summed E-state index contributed by atoms with van der Waals surface area (Å²) in [6, 6.07) is 6.60. The summed E-state index contributed by atoms with van der Waals surface area (Å²) in [4.78, 5) is 2.91. The molecular weight excluding hydrogens is 244 g/mol. The Morgan fingerprint density at radius 3 is 2.82 bits per heavy atom. The Morgan fingerprint density at radius 2 is 2.12 bits per heavy atom. The van der Waals surface area contributed by atoms with Crippen molar-refractivity contribution in [2.45, 2.75) is 38.0 Å². The summed E-state index contributed by atoms with van der Waals surface area (Å²) in [6.45, 7) is 4.44. The van der Waals surface area contributed by atoms with E-state index in [1.54, 1.807) is 0 Å². The van der Waals surface area contributed by atoms with Crippen LogP contribution in [0.5, 0.6) is 0 Å². The number of allylic oxidation sites excluding steroid dienone is 4. The molecule has 0 bridgehead atoms. The standard InChI is InChI=1S/C15H18S2/c1-3-14-12(2)8-7-11-15(14)17-16-13-9-5-4-6-10-13/h4-5,7-9,11H,3,6,10H2,1-2H3. The molecule has 1 aliphatic rings. The van der Waals surface area contributed by atoms with E-state index in [1.165, 1.54) is 33.8 Å². The quantitative estimate of drug-likeness (QED) is 0.654. The van der Waals surface area contributed by atoms with Crippen molar-refractivity contribution in [2.24, 2.45) is 0 Å². The van der Waals surface area contributed by atoms with E-state index in [1.807, 2.05) is 21.6 Å². The highest BCUT2D eigenvalue weighted by Gasteiger charge is 2.07. The summed E-state index contributed by atoms with van der Waals surface area (Å²) in [5.74, 6) is 0. The summed E-state index contributed by atoms with van der Waals surface area (Å²) < 4.78 is 0. The molecule has 0 fully saturated rings. The van der Waals surface area contributed by atoms with Gasteiger partial charge in [-0.1, -0.05) is 58.9 Å². The molecule has 0 radical (unpaired) electrons. The average molecular weight is 262 g/mol. The van der Waals surface area contributed by atoms with E-state index in [9.17, 15) is 0 Å². The number of benzene rings is 1. The van der Waals surface area contributed by atoms with Gasteiger partial charge in [-0.3, -0.25) is 0 Å². The maximum absolute atomic E-state index is 2.24. The second-order valence-corrected chi connectivity index (χ2v) is 6.47. The minimum atomic E-state index is 1.12. The Labute approximate surface area is 112 Å². The lowest BCUT2D eigenvalue weighted by Gasteiger charge is -2.11. The lowest BCUT2D eigenvalue weighted by Crippen LogP contribution is -1.89. The highest BCUT2D eigenvalue weighted by atomic mass is 33.1. The molecule has 0 nitrogen and oxygen atoms in total. The molecule has 90 valence electrons. The van der Waals surface area contributed by atoms with Crippen LogP contribution in [0, 0.1) is 6.92 Å². The minimum absolute atomic E-state index is 1.12. The van der Waals surface area contributed by atoms with E-state index in [4.69, 9.17) is 0 Å². The van der Waals surface area contributed by atoms with Crippen LogP contribution >= 0.6 is 21.6 Å². The Balaban J connectivity index is 2.06. The zero-order valence-corrected chi connectivity index (χ0v) is 12.0. The van der Waals surface area contributed by atoms with Crippen LogP contribution in [0.2, 0.25) is 0 Å². The van der Waals surface area contributed by atoms with Gasteiger partial charge < -0.3 is 0 Å². The van der Waals surface area contributed by atoms with Crippen LogP contribution in [-0.4, -0.2) is 0 Å². The van der Waals surface area contributed by atoms with Crippen molar-refractivity contribution in [3.05, 3.63) is 52.5 Å². The maximum atomic E-state index is 2.24. The van der Waals surface area contributed by atoms with E-state index in [0.717, 1.165) is 6.42 Å². The Bertz CT molecular complexity index is 444. The van der Waals surface area contributed by atoms with Crippen molar-refractivity contribution < 1.29 is 0 Å². The third-order valence-electron chi connectivity index (χ3n) is 2.93. The third-order valence-corrected chi connectivity index (χ3v) is 5.57. The van der Waals surface area contributed by atoms with Crippen molar-refractivity contribution in [1.29, 1.82) is 0 Å². The van der Waals surface area contributed by atoms with E-state index in [-0.39, 0.29) is 0 Å².